The van der Waals surface area contributed by atoms with Crippen molar-refractivity contribution >= 4 is 40.0 Å². The SMILES string of the molecule is CCCCn1c(O)c(N=NC(=O)CCNC(=O)c2ccccc2Cl)c2cc(OC)ccc21. The average Bonchev–Trinajstić information content (AvgIpc) is 3.06. The van der Waals surface area contributed by atoms with E-state index in [2.05, 4.69) is 22.5 Å². The number of methoxy groups -OCH3 is 1. The Kier molecular flexibility index (Phi) is 7.83. The van der Waals surface area contributed by atoms with Crippen LogP contribution in [-0.2, 0) is 11.3 Å². The Labute approximate surface area is 190 Å². The second-order valence-corrected chi connectivity index (χ2v) is 7.55. The molecule has 0 atom stereocenters. The molecule has 0 aliphatic carbocycles. The predicted molar refractivity (Wildman–Crippen MR) is 123 cm³/mol. The van der Waals surface area contributed by atoms with Gasteiger partial charge in [0.1, 0.15) is 5.75 Å². The van der Waals surface area contributed by atoms with E-state index >= 15 is 0 Å². The number of carbonyl (C=O) groups is 2. The first kappa shape index (κ1) is 23.3. The van der Waals surface area contributed by atoms with Gasteiger partial charge in [0.15, 0.2) is 5.69 Å². The molecule has 9 heteroatoms. The molecular weight excluding hydrogens is 432 g/mol. The van der Waals surface area contributed by atoms with Gasteiger partial charge in [-0.1, -0.05) is 37.1 Å². The van der Waals surface area contributed by atoms with Gasteiger partial charge in [-0.3, -0.25) is 9.59 Å². The summed E-state index contributed by atoms with van der Waals surface area (Å²) < 4.78 is 7.02. The lowest BCUT2D eigenvalue weighted by atomic mass is 10.2. The molecule has 0 radical (unpaired) electrons. The highest BCUT2D eigenvalue weighted by molar-refractivity contribution is 6.33. The molecule has 3 aromatic rings. The number of benzene rings is 2. The number of hydrogen-bond acceptors (Lipinski definition) is 5. The van der Waals surface area contributed by atoms with Crippen molar-refractivity contribution in [2.24, 2.45) is 10.2 Å². The summed E-state index contributed by atoms with van der Waals surface area (Å²) in [6.07, 6.45) is 1.80. The van der Waals surface area contributed by atoms with Gasteiger partial charge in [0.05, 0.1) is 23.2 Å². The molecule has 32 heavy (non-hydrogen) atoms. The number of halogens is 1. The lowest BCUT2D eigenvalue weighted by Gasteiger charge is -2.06. The number of aromatic hydroxyl groups is 1. The number of aromatic nitrogens is 1. The van der Waals surface area contributed by atoms with E-state index in [1.54, 1.807) is 48.1 Å². The van der Waals surface area contributed by atoms with E-state index in [9.17, 15) is 14.7 Å². The van der Waals surface area contributed by atoms with Crippen molar-refractivity contribution in [3.8, 4) is 11.6 Å². The topological polar surface area (TPSA) is 105 Å². The fourth-order valence-electron chi connectivity index (χ4n) is 3.25. The third-order valence-corrected chi connectivity index (χ3v) is 5.29. The van der Waals surface area contributed by atoms with E-state index in [1.165, 1.54) is 0 Å². The number of aryl methyl sites for hydroxylation is 1. The quantitative estimate of drug-likeness (QED) is 0.429. The average molecular weight is 457 g/mol. The summed E-state index contributed by atoms with van der Waals surface area (Å²) in [7, 11) is 1.55. The Hall–Kier alpha value is -3.39. The summed E-state index contributed by atoms with van der Waals surface area (Å²) in [4.78, 5) is 24.4. The minimum atomic E-state index is -0.527. The first-order valence-corrected chi connectivity index (χ1v) is 10.7. The summed E-state index contributed by atoms with van der Waals surface area (Å²) in [5.74, 6) is -0.342. The molecule has 0 bridgehead atoms. The molecule has 0 spiro atoms. The summed E-state index contributed by atoms with van der Waals surface area (Å²) in [5.41, 5.74) is 1.33. The summed E-state index contributed by atoms with van der Waals surface area (Å²) in [6.45, 7) is 2.76. The molecule has 2 amide bonds. The Bertz CT molecular complexity index is 1160. The first-order valence-electron chi connectivity index (χ1n) is 10.3. The second-order valence-electron chi connectivity index (χ2n) is 7.14. The maximum atomic E-state index is 12.2. The highest BCUT2D eigenvalue weighted by Gasteiger charge is 2.18. The van der Waals surface area contributed by atoms with Crippen molar-refractivity contribution in [3.63, 3.8) is 0 Å². The van der Waals surface area contributed by atoms with Gasteiger partial charge in [-0.05, 0) is 36.8 Å². The zero-order valence-corrected chi connectivity index (χ0v) is 18.7. The number of nitrogens with zero attached hydrogens (tertiary/aromatic N) is 3. The van der Waals surface area contributed by atoms with Gasteiger partial charge in [-0.25, -0.2) is 0 Å². The van der Waals surface area contributed by atoms with Crippen LogP contribution >= 0.6 is 11.6 Å². The highest BCUT2D eigenvalue weighted by Crippen LogP contribution is 2.40. The monoisotopic (exact) mass is 456 g/mol. The number of azo groups is 1. The van der Waals surface area contributed by atoms with E-state index in [0.717, 1.165) is 18.4 Å². The van der Waals surface area contributed by atoms with E-state index < -0.39 is 5.91 Å². The van der Waals surface area contributed by atoms with Crippen molar-refractivity contribution in [1.82, 2.24) is 9.88 Å². The van der Waals surface area contributed by atoms with E-state index in [1.807, 2.05) is 6.07 Å². The van der Waals surface area contributed by atoms with E-state index in [4.69, 9.17) is 16.3 Å². The summed E-state index contributed by atoms with van der Waals surface area (Å²) >= 11 is 6.00. The molecule has 2 aromatic carbocycles. The van der Waals surface area contributed by atoms with E-state index in [0.29, 0.717) is 28.3 Å². The zero-order valence-electron chi connectivity index (χ0n) is 18.0. The van der Waals surface area contributed by atoms with Gasteiger partial charge in [0.25, 0.3) is 11.8 Å². The molecule has 0 aliphatic heterocycles. The van der Waals surface area contributed by atoms with Gasteiger partial charge in [-0.2, -0.15) is 0 Å². The van der Waals surface area contributed by atoms with Crippen LogP contribution in [0, 0.1) is 0 Å². The maximum Gasteiger partial charge on any atom is 0.266 e. The van der Waals surface area contributed by atoms with Crippen molar-refractivity contribution < 1.29 is 19.4 Å². The number of rotatable bonds is 9. The largest absolute Gasteiger partial charge is 0.497 e. The van der Waals surface area contributed by atoms with Crippen LogP contribution in [0.5, 0.6) is 11.6 Å². The van der Waals surface area contributed by atoms with E-state index in [-0.39, 0.29) is 30.4 Å². The van der Waals surface area contributed by atoms with Crippen LogP contribution in [0.15, 0.2) is 52.7 Å². The molecule has 0 aliphatic rings. The number of ether oxygens (including phenoxy) is 1. The van der Waals surface area contributed by atoms with Crippen LogP contribution in [0.4, 0.5) is 5.69 Å². The normalized spacial score (nSPS) is 11.2. The van der Waals surface area contributed by atoms with Crippen molar-refractivity contribution in [3.05, 3.63) is 53.1 Å². The highest BCUT2D eigenvalue weighted by atomic mass is 35.5. The second kappa shape index (κ2) is 10.8. The number of nitrogens with one attached hydrogen (secondary N) is 1. The molecule has 2 N–H and O–H groups in total. The molecule has 0 saturated heterocycles. The fraction of sp³-hybridized carbons (Fsp3) is 0.304. The lowest BCUT2D eigenvalue weighted by molar-refractivity contribution is -0.118. The van der Waals surface area contributed by atoms with Crippen molar-refractivity contribution in [2.75, 3.05) is 13.7 Å². The Balaban J connectivity index is 1.71. The molecule has 168 valence electrons. The third-order valence-electron chi connectivity index (χ3n) is 4.96. The summed E-state index contributed by atoms with van der Waals surface area (Å²) in [6, 6.07) is 12.1. The fourth-order valence-corrected chi connectivity index (χ4v) is 3.47. The van der Waals surface area contributed by atoms with Crippen LogP contribution in [-0.4, -0.2) is 35.1 Å². The molecular formula is C23H25ClN4O4. The van der Waals surface area contributed by atoms with Gasteiger partial charge >= 0.3 is 0 Å². The lowest BCUT2D eigenvalue weighted by Crippen LogP contribution is -2.25. The smallest absolute Gasteiger partial charge is 0.266 e. The molecule has 0 fully saturated rings. The van der Waals surface area contributed by atoms with Crippen LogP contribution in [0.25, 0.3) is 10.9 Å². The minimum Gasteiger partial charge on any atom is -0.497 e. The Morgan fingerprint density at radius 2 is 2.00 bits per heavy atom. The molecule has 1 heterocycles. The molecule has 0 saturated carbocycles. The zero-order chi connectivity index (χ0) is 23.1. The minimum absolute atomic E-state index is 0.0434. The Morgan fingerprint density at radius 3 is 2.72 bits per heavy atom. The van der Waals surface area contributed by atoms with Crippen LogP contribution in [0.3, 0.4) is 0 Å². The Morgan fingerprint density at radius 1 is 1.22 bits per heavy atom. The van der Waals surface area contributed by atoms with Crippen molar-refractivity contribution in [2.45, 2.75) is 32.7 Å². The number of amides is 2. The summed E-state index contributed by atoms with van der Waals surface area (Å²) in [5, 5.41) is 22.1. The molecule has 1 aromatic heterocycles. The van der Waals surface area contributed by atoms with Crippen LogP contribution < -0.4 is 10.1 Å². The molecule has 8 nitrogen and oxygen atoms in total. The van der Waals surface area contributed by atoms with Gasteiger partial charge in [0, 0.05) is 24.9 Å². The maximum absolute atomic E-state index is 12.2. The predicted octanol–water partition coefficient (Wildman–Crippen LogP) is 5.24. The molecule has 3 rings (SSSR count). The van der Waals surface area contributed by atoms with Gasteiger partial charge < -0.3 is 19.7 Å². The van der Waals surface area contributed by atoms with Crippen LogP contribution in [0.2, 0.25) is 5.02 Å². The third kappa shape index (κ3) is 5.26. The first-order chi connectivity index (χ1) is 15.5. The number of unbranched alkanes of at least 4 members (excludes halogenated alkanes) is 1. The number of fused-ring (bicyclic) bond motifs is 1. The van der Waals surface area contributed by atoms with Crippen molar-refractivity contribution in [1.29, 1.82) is 0 Å². The molecule has 0 unspecified atom stereocenters. The standard InChI is InChI=1S/C23H25ClN4O4/c1-3-4-13-28-19-10-9-15(32-2)14-17(19)21(23(28)31)27-26-20(29)11-12-25-22(30)16-7-5-6-8-18(16)24/h5-10,14,31H,3-4,11-13H2,1-2H3,(H,25,30). The van der Waals surface area contributed by atoms with Crippen LogP contribution in [0.1, 0.15) is 36.5 Å². The van der Waals surface area contributed by atoms with Gasteiger partial charge in [0.2, 0.25) is 5.88 Å². The number of hydrogen-bond donors (Lipinski definition) is 2. The van der Waals surface area contributed by atoms with Gasteiger partial charge in [-0.15, -0.1) is 10.2 Å². The number of carbonyl (C=O) groups excluding carboxylic acids is 2.